The second-order valence-electron chi connectivity index (χ2n) is 4.67. The summed E-state index contributed by atoms with van der Waals surface area (Å²) in [7, 11) is 1.47. The number of methoxy groups -OCH3 is 1. The monoisotopic (exact) mass is 325 g/mol. The Kier molecular flexibility index (Phi) is 7.90. The summed E-state index contributed by atoms with van der Waals surface area (Å²) in [6.07, 6.45) is 0.187. The molecule has 1 unspecified atom stereocenters. The van der Waals surface area contributed by atoms with Gasteiger partial charge in [0.25, 0.3) is 5.91 Å². The largest absolute Gasteiger partial charge is 0.490 e. The van der Waals surface area contributed by atoms with E-state index in [-0.39, 0.29) is 13.0 Å². The van der Waals surface area contributed by atoms with E-state index in [1.54, 1.807) is 18.2 Å². The van der Waals surface area contributed by atoms with Crippen LogP contribution in [0.5, 0.6) is 11.5 Å². The Morgan fingerprint density at radius 3 is 2.39 bits per heavy atom. The van der Waals surface area contributed by atoms with Crippen LogP contribution < -0.4 is 14.8 Å². The molecule has 0 aromatic heterocycles. The first-order valence-corrected chi connectivity index (χ1v) is 7.45. The Morgan fingerprint density at radius 1 is 1.17 bits per heavy atom. The number of hydrogen-bond donors (Lipinski definition) is 2. The summed E-state index contributed by atoms with van der Waals surface area (Å²) >= 11 is 0. The van der Waals surface area contributed by atoms with Gasteiger partial charge in [-0.05, 0) is 32.0 Å². The fourth-order valence-electron chi connectivity index (χ4n) is 1.93. The van der Waals surface area contributed by atoms with Crippen molar-refractivity contribution in [2.45, 2.75) is 26.3 Å². The van der Waals surface area contributed by atoms with Gasteiger partial charge in [-0.25, -0.2) is 4.79 Å². The predicted octanol–water partition coefficient (Wildman–Crippen LogP) is 1.70. The molecule has 0 bridgehead atoms. The lowest BCUT2D eigenvalue weighted by Crippen LogP contribution is -2.41. The number of benzene rings is 1. The van der Waals surface area contributed by atoms with Crippen LogP contribution in [-0.2, 0) is 9.53 Å². The van der Waals surface area contributed by atoms with Crippen molar-refractivity contribution in [2.75, 3.05) is 26.9 Å². The molecule has 0 aliphatic heterocycles. The topological polar surface area (TPSA) is 94.1 Å². The average molecular weight is 325 g/mol. The lowest BCUT2D eigenvalue weighted by Gasteiger charge is -2.15. The van der Waals surface area contributed by atoms with Gasteiger partial charge in [0.05, 0.1) is 13.2 Å². The Bertz CT molecular complexity index is 531. The molecule has 0 heterocycles. The SMILES string of the molecule is CCOc1ccc(C(=O)NC(CCOC)C(=O)O)cc1OCC. The maximum atomic E-state index is 12.2. The molecule has 0 aliphatic carbocycles. The first kappa shape index (κ1) is 18.8. The van der Waals surface area contributed by atoms with Crippen molar-refractivity contribution in [2.24, 2.45) is 0 Å². The predicted molar refractivity (Wildman–Crippen MR) is 84.2 cm³/mol. The van der Waals surface area contributed by atoms with Gasteiger partial charge in [0, 0.05) is 25.7 Å². The molecule has 0 aliphatic rings. The second-order valence-corrected chi connectivity index (χ2v) is 4.67. The lowest BCUT2D eigenvalue weighted by atomic mass is 10.1. The number of carboxylic acids is 1. The molecule has 1 amide bonds. The Labute approximate surface area is 135 Å². The summed E-state index contributed by atoms with van der Waals surface area (Å²) in [6.45, 7) is 4.82. The highest BCUT2D eigenvalue weighted by molar-refractivity contribution is 5.97. The third kappa shape index (κ3) is 5.78. The molecule has 0 saturated heterocycles. The van der Waals surface area contributed by atoms with Crippen molar-refractivity contribution < 1.29 is 28.9 Å². The highest BCUT2D eigenvalue weighted by Gasteiger charge is 2.21. The minimum absolute atomic E-state index is 0.187. The first-order chi connectivity index (χ1) is 11.0. The number of rotatable bonds is 10. The van der Waals surface area contributed by atoms with Gasteiger partial charge in [-0.15, -0.1) is 0 Å². The Morgan fingerprint density at radius 2 is 1.83 bits per heavy atom. The minimum atomic E-state index is -1.11. The van der Waals surface area contributed by atoms with E-state index >= 15 is 0 Å². The van der Waals surface area contributed by atoms with E-state index in [9.17, 15) is 9.59 Å². The van der Waals surface area contributed by atoms with Crippen LogP contribution >= 0.6 is 0 Å². The molecule has 0 radical (unpaired) electrons. The molecule has 0 spiro atoms. The number of ether oxygens (including phenoxy) is 3. The van der Waals surface area contributed by atoms with E-state index in [1.807, 2.05) is 13.8 Å². The van der Waals surface area contributed by atoms with Crippen LogP contribution in [0.25, 0.3) is 0 Å². The zero-order valence-corrected chi connectivity index (χ0v) is 13.6. The van der Waals surface area contributed by atoms with E-state index in [1.165, 1.54) is 7.11 Å². The average Bonchev–Trinajstić information content (AvgIpc) is 2.53. The first-order valence-electron chi connectivity index (χ1n) is 7.45. The van der Waals surface area contributed by atoms with Crippen molar-refractivity contribution in [3.05, 3.63) is 23.8 Å². The number of amides is 1. The number of hydrogen-bond acceptors (Lipinski definition) is 5. The van der Waals surface area contributed by atoms with Crippen molar-refractivity contribution in [3.63, 3.8) is 0 Å². The maximum Gasteiger partial charge on any atom is 0.326 e. The Hall–Kier alpha value is -2.28. The molecular formula is C16H23NO6. The van der Waals surface area contributed by atoms with Crippen molar-refractivity contribution in [3.8, 4) is 11.5 Å². The van der Waals surface area contributed by atoms with Gasteiger partial charge < -0.3 is 24.6 Å². The molecule has 0 fully saturated rings. The van der Waals surface area contributed by atoms with Crippen LogP contribution in [-0.4, -0.2) is 50.0 Å². The number of carbonyl (C=O) groups excluding carboxylic acids is 1. The third-order valence-electron chi connectivity index (χ3n) is 3.02. The molecule has 23 heavy (non-hydrogen) atoms. The smallest absolute Gasteiger partial charge is 0.326 e. The summed E-state index contributed by atoms with van der Waals surface area (Å²) in [4.78, 5) is 23.4. The number of carbonyl (C=O) groups is 2. The highest BCUT2D eigenvalue weighted by atomic mass is 16.5. The molecule has 1 aromatic carbocycles. The summed E-state index contributed by atoms with van der Waals surface area (Å²) in [6, 6.07) is 3.73. The Balaban J connectivity index is 2.89. The van der Waals surface area contributed by atoms with Crippen molar-refractivity contribution >= 4 is 11.9 Å². The van der Waals surface area contributed by atoms with E-state index in [0.29, 0.717) is 30.3 Å². The van der Waals surface area contributed by atoms with E-state index in [0.717, 1.165) is 0 Å². The summed E-state index contributed by atoms with van der Waals surface area (Å²) in [5, 5.41) is 11.6. The molecule has 1 aromatic rings. The third-order valence-corrected chi connectivity index (χ3v) is 3.02. The summed E-state index contributed by atoms with van der Waals surface area (Å²) in [5.74, 6) is -0.602. The number of nitrogens with one attached hydrogen (secondary N) is 1. The van der Waals surface area contributed by atoms with Crippen LogP contribution in [0.3, 0.4) is 0 Å². The van der Waals surface area contributed by atoms with Crippen LogP contribution in [0.15, 0.2) is 18.2 Å². The molecule has 2 N–H and O–H groups in total. The highest BCUT2D eigenvalue weighted by Crippen LogP contribution is 2.28. The molecule has 7 heteroatoms. The van der Waals surface area contributed by atoms with Crippen LogP contribution in [0.2, 0.25) is 0 Å². The minimum Gasteiger partial charge on any atom is -0.490 e. The molecule has 0 saturated carbocycles. The van der Waals surface area contributed by atoms with Crippen molar-refractivity contribution in [1.29, 1.82) is 0 Å². The van der Waals surface area contributed by atoms with Crippen molar-refractivity contribution in [1.82, 2.24) is 5.32 Å². The van der Waals surface area contributed by atoms with Gasteiger partial charge in [-0.3, -0.25) is 4.79 Å². The van der Waals surface area contributed by atoms with Gasteiger partial charge >= 0.3 is 5.97 Å². The summed E-state index contributed by atoms with van der Waals surface area (Å²) < 4.78 is 15.7. The van der Waals surface area contributed by atoms with Gasteiger partial charge in [0.2, 0.25) is 0 Å². The van der Waals surface area contributed by atoms with Crippen LogP contribution in [0.4, 0.5) is 0 Å². The van der Waals surface area contributed by atoms with Crippen LogP contribution in [0, 0.1) is 0 Å². The van der Waals surface area contributed by atoms with E-state index in [2.05, 4.69) is 5.32 Å². The maximum absolute atomic E-state index is 12.2. The number of aliphatic carboxylic acids is 1. The zero-order valence-electron chi connectivity index (χ0n) is 13.6. The summed E-state index contributed by atoms with van der Waals surface area (Å²) in [5.41, 5.74) is 0.306. The van der Waals surface area contributed by atoms with E-state index < -0.39 is 17.9 Å². The standard InChI is InChI=1S/C16H23NO6/c1-4-22-13-7-6-11(10-14(13)23-5-2)15(18)17-12(16(19)20)8-9-21-3/h6-7,10,12H,4-5,8-9H2,1-3H3,(H,17,18)(H,19,20). The normalized spacial score (nSPS) is 11.6. The van der Waals surface area contributed by atoms with Crippen LogP contribution in [0.1, 0.15) is 30.6 Å². The van der Waals surface area contributed by atoms with Gasteiger partial charge in [0.1, 0.15) is 6.04 Å². The lowest BCUT2D eigenvalue weighted by molar-refractivity contribution is -0.139. The van der Waals surface area contributed by atoms with Gasteiger partial charge in [-0.1, -0.05) is 0 Å². The fourth-order valence-corrected chi connectivity index (χ4v) is 1.93. The quantitative estimate of drug-likeness (QED) is 0.680. The van der Waals surface area contributed by atoms with E-state index in [4.69, 9.17) is 19.3 Å². The molecule has 7 nitrogen and oxygen atoms in total. The zero-order chi connectivity index (χ0) is 17.2. The molecule has 1 atom stereocenters. The molecule has 1 rings (SSSR count). The fraction of sp³-hybridized carbons (Fsp3) is 0.500. The second kappa shape index (κ2) is 9.68. The molecular weight excluding hydrogens is 302 g/mol. The van der Waals surface area contributed by atoms with Gasteiger partial charge in [-0.2, -0.15) is 0 Å². The van der Waals surface area contributed by atoms with Gasteiger partial charge in [0.15, 0.2) is 11.5 Å². The number of carboxylic acid groups (broad SMARTS) is 1. The molecule has 128 valence electrons.